The minimum absolute atomic E-state index is 0.145. The molecule has 1 aliphatic carbocycles. The molecular formula is C29H30FN3O4. The number of ether oxygens (including phenoxy) is 2. The van der Waals surface area contributed by atoms with E-state index in [1.165, 1.54) is 16.7 Å². The van der Waals surface area contributed by atoms with E-state index < -0.39 is 5.82 Å². The summed E-state index contributed by atoms with van der Waals surface area (Å²) < 4.78 is 29.6. The number of carbonyl (C=O) groups is 1. The summed E-state index contributed by atoms with van der Waals surface area (Å²) in [5.41, 5.74) is 1.09. The van der Waals surface area contributed by atoms with E-state index in [4.69, 9.17) is 9.47 Å². The molecule has 0 N–H and O–H groups in total. The lowest BCUT2D eigenvalue weighted by atomic mass is 10.0. The number of methoxy groups -OCH3 is 1. The van der Waals surface area contributed by atoms with Crippen LogP contribution in [0.1, 0.15) is 42.5 Å². The van der Waals surface area contributed by atoms with Crippen LogP contribution in [0, 0.1) is 11.7 Å². The minimum Gasteiger partial charge on any atom is -0.493 e. The Labute approximate surface area is 214 Å². The molecule has 1 amide bonds. The monoisotopic (exact) mass is 503 g/mol. The number of hydrogen-bond donors (Lipinski definition) is 0. The molecule has 1 saturated heterocycles. The van der Waals surface area contributed by atoms with Crippen LogP contribution in [0.25, 0.3) is 27.4 Å². The number of piperidine rings is 1. The van der Waals surface area contributed by atoms with Crippen LogP contribution in [0.2, 0.25) is 0 Å². The van der Waals surface area contributed by atoms with Crippen LogP contribution in [0.15, 0.2) is 47.5 Å². The molecule has 0 atom stereocenters. The third-order valence-corrected chi connectivity index (χ3v) is 7.55. The van der Waals surface area contributed by atoms with Gasteiger partial charge in [0, 0.05) is 43.3 Å². The Balaban J connectivity index is 1.60. The number of carbonyl (C=O) groups excluding carboxylic acids is 1. The Hall–Kier alpha value is -3.81. The van der Waals surface area contributed by atoms with Crippen LogP contribution < -0.4 is 15.0 Å². The summed E-state index contributed by atoms with van der Waals surface area (Å²) in [6.07, 6.45) is 8.63. The van der Waals surface area contributed by atoms with Crippen molar-refractivity contribution in [2.75, 3.05) is 26.8 Å². The topological polar surface area (TPSA) is 65.7 Å². The summed E-state index contributed by atoms with van der Waals surface area (Å²) in [7, 11) is 3.38. The predicted octanol–water partition coefficient (Wildman–Crippen LogP) is 5.05. The zero-order valence-corrected chi connectivity index (χ0v) is 21.1. The highest BCUT2D eigenvalue weighted by Crippen LogP contribution is 2.36. The maximum Gasteiger partial charge on any atom is 0.263 e. The highest BCUT2D eigenvalue weighted by molar-refractivity contribution is 6.07. The average Bonchev–Trinajstić information content (AvgIpc) is 3.68. The molecule has 3 heterocycles. The molecule has 0 spiro atoms. The fourth-order valence-electron chi connectivity index (χ4n) is 5.25. The molecule has 2 aromatic carbocycles. The summed E-state index contributed by atoms with van der Waals surface area (Å²) in [5.74, 6) is 0.866. The van der Waals surface area contributed by atoms with Gasteiger partial charge in [0.25, 0.3) is 11.5 Å². The SMILES string of the molecule is COc1cc2c(C(=O)N3CCCCC3)cn(-c3cc(F)cc4c3ccn4C)c(=O)c2cc1OCC1CC1. The first-order chi connectivity index (χ1) is 17.9. The van der Waals surface area contributed by atoms with Crippen LogP contribution in [0.3, 0.4) is 0 Å². The molecule has 6 rings (SSSR count). The molecule has 37 heavy (non-hydrogen) atoms. The molecule has 0 unspecified atom stereocenters. The van der Waals surface area contributed by atoms with Crippen molar-refractivity contribution >= 4 is 27.6 Å². The summed E-state index contributed by atoms with van der Waals surface area (Å²) in [4.78, 5) is 29.6. The standard InChI is InChI=1S/C29H30FN3O4/c1-31-11-8-20-24(31)12-19(30)13-25(20)33-16-23(28(34)32-9-4-3-5-10-32)21-14-26(36-2)27(15-22(21)29(33)35)37-17-18-6-7-18/h8,11-16,18H,3-7,9-10,17H2,1-2H3. The molecule has 1 saturated carbocycles. The number of benzene rings is 2. The van der Waals surface area contributed by atoms with Crippen molar-refractivity contribution in [2.45, 2.75) is 32.1 Å². The van der Waals surface area contributed by atoms with Gasteiger partial charge < -0.3 is 18.9 Å². The minimum atomic E-state index is -0.455. The number of rotatable bonds is 6. The third kappa shape index (κ3) is 4.24. The Kier molecular flexibility index (Phi) is 5.89. The molecule has 2 fully saturated rings. The van der Waals surface area contributed by atoms with Crippen molar-refractivity contribution in [3.05, 3.63) is 64.5 Å². The third-order valence-electron chi connectivity index (χ3n) is 7.55. The van der Waals surface area contributed by atoms with E-state index in [1.807, 2.05) is 28.8 Å². The normalized spacial score (nSPS) is 15.9. The zero-order valence-electron chi connectivity index (χ0n) is 21.1. The molecule has 1 aliphatic heterocycles. The van der Waals surface area contributed by atoms with E-state index in [1.54, 1.807) is 25.4 Å². The number of likely N-dealkylation sites (tertiary alicyclic amines) is 1. The molecule has 0 radical (unpaired) electrons. The second-order valence-electron chi connectivity index (χ2n) is 10.2. The van der Waals surface area contributed by atoms with Crippen molar-refractivity contribution in [3.8, 4) is 17.2 Å². The second-order valence-corrected chi connectivity index (χ2v) is 10.2. The number of hydrogen-bond acceptors (Lipinski definition) is 4. The Morgan fingerprint density at radius 1 is 1.03 bits per heavy atom. The number of halogens is 1. The maximum absolute atomic E-state index is 14.7. The van der Waals surface area contributed by atoms with Crippen molar-refractivity contribution in [2.24, 2.45) is 13.0 Å². The first-order valence-corrected chi connectivity index (χ1v) is 12.9. The van der Waals surface area contributed by atoms with Gasteiger partial charge in [-0.15, -0.1) is 0 Å². The molecule has 4 aromatic rings. The first-order valence-electron chi connectivity index (χ1n) is 12.9. The van der Waals surface area contributed by atoms with E-state index in [-0.39, 0.29) is 11.5 Å². The van der Waals surface area contributed by atoms with Gasteiger partial charge in [0.1, 0.15) is 5.82 Å². The van der Waals surface area contributed by atoms with Crippen LogP contribution in [0.5, 0.6) is 11.5 Å². The average molecular weight is 504 g/mol. The smallest absolute Gasteiger partial charge is 0.263 e. The van der Waals surface area contributed by atoms with Crippen molar-refractivity contribution in [1.82, 2.24) is 14.0 Å². The van der Waals surface area contributed by atoms with Gasteiger partial charge in [-0.05, 0) is 68.4 Å². The van der Waals surface area contributed by atoms with Crippen LogP contribution in [-0.2, 0) is 7.05 Å². The maximum atomic E-state index is 14.7. The Bertz CT molecular complexity index is 1580. The molecule has 2 aliphatic rings. The number of nitrogens with zero attached hydrogens (tertiary/aromatic N) is 3. The summed E-state index contributed by atoms with van der Waals surface area (Å²) >= 11 is 0. The van der Waals surface area contributed by atoms with Gasteiger partial charge >= 0.3 is 0 Å². The van der Waals surface area contributed by atoms with Gasteiger partial charge in [-0.2, -0.15) is 0 Å². The van der Waals surface area contributed by atoms with Crippen LogP contribution >= 0.6 is 0 Å². The molecule has 0 bridgehead atoms. The van der Waals surface area contributed by atoms with E-state index >= 15 is 0 Å². The number of amides is 1. The molecule has 192 valence electrons. The largest absolute Gasteiger partial charge is 0.493 e. The number of aromatic nitrogens is 2. The zero-order chi connectivity index (χ0) is 25.7. The Morgan fingerprint density at radius 3 is 2.51 bits per heavy atom. The lowest BCUT2D eigenvalue weighted by molar-refractivity contribution is 0.0725. The number of pyridine rings is 1. The number of aryl methyl sites for hydroxylation is 1. The van der Waals surface area contributed by atoms with E-state index in [2.05, 4.69) is 0 Å². The van der Waals surface area contributed by atoms with E-state index in [9.17, 15) is 14.0 Å². The number of fused-ring (bicyclic) bond motifs is 2. The summed E-state index contributed by atoms with van der Waals surface area (Å²) in [6, 6.07) is 8.04. The lowest BCUT2D eigenvalue weighted by Gasteiger charge is -2.27. The van der Waals surface area contributed by atoms with Crippen molar-refractivity contribution < 1.29 is 18.7 Å². The molecule has 7 nitrogen and oxygen atoms in total. The summed E-state index contributed by atoms with van der Waals surface area (Å²) in [6.45, 7) is 1.89. The first kappa shape index (κ1) is 23.6. The summed E-state index contributed by atoms with van der Waals surface area (Å²) in [5, 5.41) is 1.57. The van der Waals surface area contributed by atoms with Crippen LogP contribution in [-0.4, -0.2) is 46.7 Å². The fourth-order valence-corrected chi connectivity index (χ4v) is 5.25. The quantitative estimate of drug-likeness (QED) is 0.370. The molecule has 8 heteroatoms. The highest BCUT2D eigenvalue weighted by atomic mass is 19.1. The highest BCUT2D eigenvalue weighted by Gasteiger charge is 2.26. The van der Waals surface area contributed by atoms with Gasteiger partial charge in [0.15, 0.2) is 11.5 Å². The fraction of sp³-hybridized carbons (Fsp3) is 0.379. The van der Waals surface area contributed by atoms with Crippen molar-refractivity contribution in [3.63, 3.8) is 0 Å². The van der Waals surface area contributed by atoms with Gasteiger partial charge in [0.2, 0.25) is 0 Å². The lowest BCUT2D eigenvalue weighted by Crippen LogP contribution is -2.36. The van der Waals surface area contributed by atoms with Crippen molar-refractivity contribution in [1.29, 1.82) is 0 Å². The van der Waals surface area contributed by atoms with Gasteiger partial charge in [-0.25, -0.2) is 4.39 Å². The van der Waals surface area contributed by atoms with E-state index in [0.717, 1.165) is 37.5 Å². The van der Waals surface area contributed by atoms with Gasteiger partial charge in [-0.1, -0.05) is 0 Å². The van der Waals surface area contributed by atoms with Crippen LogP contribution in [0.4, 0.5) is 4.39 Å². The molecule has 2 aromatic heterocycles. The van der Waals surface area contributed by atoms with E-state index in [0.29, 0.717) is 64.7 Å². The predicted molar refractivity (Wildman–Crippen MR) is 141 cm³/mol. The Morgan fingerprint density at radius 2 is 1.78 bits per heavy atom. The van der Waals surface area contributed by atoms with Gasteiger partial charge in [0.05, 0.1) is 35.9 Å². The molecular weight excluding hydrogens is 473 g/mol. The second kappa shape index (κ2) is 9.25. The van der Waals surface area contributed by atoms with Gasteiger partial charge in [-0.3, -0.25) is 14.2 Å².